The Morgan fingerprint density at radius 1 is 1.47 bits per heavy atom. The van der Waals surface area contributed by atoms with Gasteiger partial charge < -0.3 is 14.4 Å². The summed E-state index contributed by atoms with van der Waals surface area (Å²) in [5.41, 5.74) is 1.15. The van der Waals surface area contributed by atoms with Crippen molar-refractivity contribution in [2.75, 3.05) is 6.16 Å². The lowest BCUT2D eigenvalue weighted by atomic mass is 10.0. The van der Waals surface area contributed by atoms with Crippen molar-refractivity contribution in [1.82, 2.24) is 0 Å². The van der Waals surface area contributed by atoms with Crippen LogP contribution in [0, 0.1) is 5.92 Å². The third kappa shape index (κ3) is 7.48. The first kappa shape index (κ1) is 14.6. The second-order valence-corrected chi connectivity index (χ2v) is 5.31. The molecule has 0 aliphatic heterocycles. The van der Waals surface area contributed by atoms with E-state index < -0.39 is 25.5 Å². The molecule has 0 aliphatic carbocycles. The Labute approximate surface area is 90.5 Å². The summed E-state index contributed by atoms with van der Waals surface area (Å²) in [6.07, 6.45) is 2.44. The Kier molecular flexibility index (Phi) is 6.03. The highest BCUT2D eigenvalue weighted by Crippen LogP contribution is 2.24. The summed E-state index contributed by atoms with van der Waals surface area (Å²) in [6.45, 7) is 5.59. The van der Waals surface area contributed by atoms with E-state index in [0.717, 1.165) is 12.0 Å². The molecule has 0 amide bonds. The van der Waals surface area contributed by atoms with Crippen molar-refractivity contribution in [2.45, 2.75) is 33.6 Å². The monoisotopic (exact) mass is 232 g/mol. The summed E-state index contributed by atoms with van der Waals surface area (Å²) in [4.78, 5) is 32.0. The zero-order valence-electron chi connectivity index (χ0n) is 9.36. The molecule has 0 radical (unpaired) electrons. The summed E-state index contributed by atoms with van der Waals surface area (Å²) in [5.74, 6) is -0.897. The number of hydrogen-bond donors (Lipinski definition) is 0. The third-order valence-corrected chi connectivity index (χ3v) is 2.98. The molecule has 4 nitrogen and oxygen atoms in total. The number of Topliss-reactive ketones (excluding diaryl/α,β-unsaturated/α-hetero) is 1. The normalized spacial score (nSPS) is 15.1. The Hall–Kier alpha value is -0.440. The number of carbonyl (C=O) groups excluding carboxylic acids is 1. The zero-order valence-corrected chi connectivity index (χ0v) is 10.3. The molecule has 0 aromatic carbocycles. The molecular weight excluding hydrogens is 215 g/mol. The molecule has 5 heteroatoms. The second-order valence-electron chi connectivity index (χ2n) is 3.78. The van der Waals surface area contributed by atoms with Crippen LogP contribution in [0.2, 0.25) is 0 Å². The van der Waals surface area contributed by atoms with E-state index in [2.05, 4.69) is 0 Å². The molecule has 0 spiro atoms. The molecule has 0 saturated heterocycles. The van der Waals surface area contributed by atoms with Crippen molar-refractivity contribution < 1.29 is 19.1 Å². The van der Waals surface area contributed by atoms with Crippen molar-refractivity contribution in [2.24, 2.45) is 5.92 Å². The Morgan fingerprint density at radius 3 is 2.40 bits per heavy atom. The van der Waals surface area contributed by atoms with Crippen molar-refractivity contribution in [1.29, 1.82) is 0 Å². The van der Waals surface area contributed by atoms with Crippen LogP contribution in [-0.2, 0) is 9.36 Å². The topological polar surface area (TPSA) is 80.3 Å². The van der Waals surface area contributed by atoms with Gasteiger partial charge in [-0.15, -0.1) is 0 Å². The van der Waals surface area contributed by atoms with Crippen molar-refractivity contribution in [3.8, 4) is 0 Å². The van der Waals surface area contributed by atoms with E-state index in [9.17, 15) is 19.1 Å². The quantitative estimate of drug-likeness (QED) is 0.502. The highest BCUT2D eigenvalue weighted by molar-refractivity contribution is 7.49. The first-order valence-corrected chi connectivity index (χ1v) is 6.68. The fourth-order valence-corrected chi connectivity index (χ4v) is 1.69. The molecule has 88 valence electrons. The summed E-state index contributed by atoms with van der Waals surface area (Å²) in [7, 11) is -4.70. The van der Waals surface area contributed by atoms with Gasteiger partial charge in [0.25, 0.3) is 0 Å². The molecule has 1 atom stereocenters. The van der Waals surface area contributed by atoms with Gasteiger partial charge in [0.1, 0.15) is 5.78 Å². The van der Waals surface area contributed by atoms with E-state index in [1.54, 1.807) is 6.92 Å². The van der Waals surface area contributed by atoms with Gasteiger partial charge in [-0.05, 0) is 19.8 Å². The second kappa shape index (κ2) is 6.21. The summed E-state index contributed by atoms with van der Waals surface area (Å²) in [5, 5.41) is 0. The van der Waals surface area contributed by atoms with E-state index in [4.69, 9.17) is 0 Å². The lowest BCUT2D eigenvalue weighted by molar-refractivity contribution is -0.312. The maximum Gasteiger partial charge on any atom is 0.140 e. The van der Waals surface area contributed by atoms with Gasteiger partial charge in [-0.1, -0.05) is 33.1 Å². The molecule has 0 saturated carbocycles. The van der Waals surface area contributed by atoms with E-state index in [0.29, 0.717) is 6.42 Å². The SMILES string of the molecule is CC/C(C)=C/CC(C)C(=O)CP(=O)([O-])[O-]. The van der Waals surface area contributed by atoms with Crippen LogP contribution in [0.5, 0.6) is 0 Å². The van der Waals surface area contributed by atoms with Crippen molar-refractivity contribution in [3.05, 3.63) is 11.6 Å². The molecule has 0 aromatic heterocycles. The molecule has 0 rings (SSSR count). The Bertz CT molecular complexity index is 290. The fourth-order valence-electron chi connectivity index (χ4n) is 1.00. The summed E-state index contributed by atoms with van der Waals surface area (Å²) < 4.78 is 10.4. The number of ketones is 1. The van der Waals surface area contributed by atoms with Gasteiger partial charge in [-0.25, -0.2) is 0 Å². The van der Waals surface area contributed by atoms with Crippen LogP contribution in [0.3, 0.4) is 0 Å². The van der Waals surface area contributed by atoms with E-state index >= 15 is 0 Å². The summed E-state index contributed by atoms with van der Waals surface area (Å²) >= 11 is 0. The van der Waals surface area contributed by atoms with Gasteiger partial charge >= 0.3 is 0 Å². The highest BCUT2D eigenvalue weighted by atomic mass is 31.2. The molecular formula is C10H17O4P-2. The molecule has 0 N–H and O–H groups in total. The van der Waals surface area contributed by atoms with Crippen LogP contribution in [0.4, 0.5) is 0 Å². The van der Waals surface area contributed by atoms with Crippen LogP contribution in [0.15, 0.2) is 11.6 Å². The fraction of sp³-hybridized carbons (Fsp3) is 0.700. The van der Waals surface area contributed by atoms with Gasteiger partial charge in [-0.3, -0.25) is 4.79 Å². The van der Waals surface area contributed by atoms with Gasteiger partial charge in [0, 0.05) is 12.1 Å². The first-order chi connectivity index (χ1) is 6.76. The van der Waals surface area contributed by atoms with Gasteiger partial charge in [0.2, 0.25) is 0 Å². The number of hydrogen-bond acceptors (Lipinski definition) is 4. The largest absolute Gasteiger partial charge is 0.810 e. The predicted molar refractivity (Wildman–Crippen MR) is 55.3 cm³/mol. The number of allylic oxidation sites excluding steroid dienone is 2. The van der Waals surface area contributed by atoms with Crippen LogP contribution in [0.25, 0.3) is 0 Å². The van der Waals surface area contributed by atoms with Gasteiger partial charge in [0.15, 0.2) is 0 Å². The molecule has 15 heavy (non-hydrogen) atoms. The Balaban J connectivity index is 4.17. The molecule has 0 aliphatic rings. The van der Waals surface area contributed by atoms with Crippen LogP contribution in [0.1, 0.15) is 33.6 Å². The lowest BCUT2D eigenvalue weighted by Gasteiger charge is -2.29. The van der Waals surface area contributed by atoms with Crippen molar-refractivity contribution >= 4 is 13.4 Å². The van der Waals surface area contributed by atoms with E-state index in [1.165, 1.54) is 0 Å². The average molecular weight is 232 g/mol. The third-order valence-electron chi connectivity index (χ3n) is 2.28. The minimum atomic E-state index is -4.70. The molecule has 0 heterocycles. The summed E-state index contributed by atoms with van der Waals surface area (Å²) in [6, 6.07) is 0. The minimum absolute atomic E-state index is 0.400. The predicted octanol–water partition coefficient (Wildman–Crippen LogP) is 0.852. The van der Waals surface area contributed by atoms with Crippen LogP contribution >= 0.6 is 7.60 Å². The smallest absolute Gasteiger partial charge is 0.140 e. The maximum absolute atomic E-state index is 11.3. The minimum Gasteiger partial charge on any atom is -0.810 e. The average Bonchev–Trinajstić information content (AvgIpc) is 2.10. The van der Waals surface area contributed by atoms with E-state index in [-0.39, 0.29) is 0 Å². The Morgan fingerprint density at radius 2 is 2.00 bits per heavy atom. The highest BCUT2D eigenvalue weighted by Gasteiger charge is 2.12. The number of rotatable bonds is 6. The maximum atomic E-state index is 11.3. The zero-order chi connectivity index (χ0) is 12.1. The van der Waals surface area contributed by atoms with Gasteiger partial charge in [-0.2, -0.15) is 0 Å². The first-order valence-electron chi connectivity index (χ1n) is 4.95. The standard InChI is InChI=1S/C10H19O4P/c1-4-8(2)5-6-9(3)10(11)7-15(12,13)14/h5,9H,4,6-7H2,1-3H3,(H2,12,13,14)/p-2/b8-5+. The molecule has 0 bridgehead atoms. The van der Waals surface area contributed by atoms with Crippen LogP contribution in [-0.4, -0.2) is 11.9 Å². The number of carbonyl (C=O) groups is 1. The molecule has 1 unspecified atom stereocenters. The van der Waals surface area contributed by atoms with Crippen LogP contribution < -0.4 is 9.79 Å². The molecule has 0 fully saturated rings. The van der Waals surface area contributed by atoms with Gasteiger partial charge in [0.05, 0.1) is 0 Å². The molecule has 0 aromatic rings. The van der Waals surface area contributed by atoms with Crippen molar-refractivity contribution in [3.63, 3.8) is 0 Å². The lowest BCUT2D eigenvalue weighted by Crippen LogP contribution is -2.25. The van der Waals surface area contributed by atoms with E-state index in [1.807, 2.05) is 19.9 Å².